The topological polar surface area (TPSA) is 38.8 Å². The molecule has 152 valence electrons. The summed E-state index contributed by atoms with van der Waals surface area (Å²) >= 11 is 0. The van der Waals surface area contributed by atoms with Crippen LogP contribution < -0.4 is 4.74 Å². The summed E-state index contributed by atoms with van der Waals surface area (Å²) in [6.45, 7) is 5.76. The number of nitrogens with zero attached hydrogens (tertiary/aromatic N) is 1. The molecule has 2 aromatic carbocycles. The van der Waals surface area contributed by atoms with Gasteiger partial charge in [-0.2, -0.15) is 0 Å². The first-order valence-corrected chi connectivity index (χ1v) is 10.4. The van der Waals surface area contributed by atoms with Crippen LogP contribution in [0.5, 0.6) is 11.5 Å². The second-order valence-electron chi connectivity index (χ2n) is 8.85. The molecule has 2 heterocycles. The number of amides is 1. The molecule has 2 unspecified atom stereocenters. The molecule has 4 rings (SSSR count). The molecule has 2 bridgehead atoms. The Labute approximate surface area is 173 Å². The molecular formula is C25H29NO3. The number of fused-ring (bicyclic) bond motifs is 2. The van der Waals surface area contributed by atoms with E-state index in [-0.39, 0.29) is 18.2 Å². The van der Waals surface area contributed by atoms with Gasteiger partial charge in [-0.15, -0.1) is 0 Å². The Hall–Kier alpha value is -2.75. The summed E-state index contributed by atoms with van der Waals surface area (Å²) in [5, 5.41) is 0. The van der Waals surface area contributed by atoms with E-state index in [1.807, 2.05) is 74.2 Å². The Kier molecular flexibility index (Phi) is 5.35. The molecule has 29 heavy (non-hydrogen) atoms. The highest BCUT2D eigenvalue weighted by Gasteiger charge is 2.39. The number of carbonyl (C=O) groups is 1. The van der Waals surface area contributed by atoms with Crippen molar-refractivity contribution < 1.29 is 14.3 Å². The lowest BCUT2D eigenvalue weighted by Gasteiger charge is -2.45. The van der Waals surface area contributed by atoms with Gasteiger partial charge in [0, 0.05) is 11.6 Å². The Morgan fingerprint density at radius 2 is 1.72 bits per heavy atom. The fraction of sp³-hybridized carbons (Fsp3) is 0.400. The minimum absolute atomic E-state index is 0.0807. The van der Waals surface area contributed by atoms with E-state index in [1.165, 1.54) is 5.57 Å². The standard InChI is InChI=1S/C25H29NO3/c1-25(2,3)29-24(27)26-19-10-9-11-20(26)17-18(16-19)22-14-7-8-15-23(22)28-21-12-5-4-6-13-21/h4-8,12-16,19-20H,9-11,17H2,1-3H3. The van der Waals surface area contributed by atoms with Crippen molar-refractivity contribution >= 4 is 11.7 Å². The molecule has 0 aromatic heterocycles. The van der Waals surface area contributed by atoms with Crippen LogP contribution in [0, 0.1) is 0 Å². The maximum Gasteiger partial charge on any atom is 0.411 e. The molecule has 2 aromatic rings. The van der Waals surface area contributed by atoms with Gasteiger partial charge in [0.25, 0.3) is 0 Å². The second kappa shape index (κ2) is 7.94. The number of para-hydroxylation sites is 2. The third-order valence-corrected chi connectivity index (χ3v) is 5.45. The fourth-order valence-corrected chi connectivity index (χ4v) is 4.27. The van der Waals surface area contributed by atoms with Crippen LogP contribution in [0.1, 0.15) is 52.0 Å². The summed E-state index contributed by atoms with van der Waals surface area (Å²) in [7, 11) is 0. The van der Waals surface area contributed by atoms with Crippen LogP contribution >= 0.6 is 0 Å². The molecule has 1 saturated heterocycles. The van der Waals surface area contributed by atoms with Crippen molar-refractivity contribution in [2.24, 2.45) is 0 Å². The maximum atomic E-state index is 12.8. The van der Waals surface area contributed by atoms with Crippen molar-refractivity contribution in [3.8, 4) is 11.5 Å². The molecule has 1 fully saturated rings. The van der Waals surface area contributed by atoms with Crippen LogP contribution in [-0.2, 0) is 4.74 Å². The minimum Gasteiger partial charge on any atom is -0.457 e. The van der Waals surface area contributed by atoms with Crippen molar-refractivity contribution in [2.75, 3.05) is 0 Å². The highest BCUT2D eigenvalue weighted by Crippen LogP contribution is 2.41. The third-order valence-electron chi connectivity index (χ3n) is 5.45. The lowest BCUT2D eigenvalue weighted by molar-refractivity contribution is 0.0000839. The smallest absolute Gasteiger partial charge is 0.411 e. The van der Waals surface area contributed by atoms with E-state index in [4.69, 9.17) is 9.47 Å². The summed E-state index contributed by atoms with van der Waals surface area (Å²) in [5.74, 6) is 1.68. The van der Waals surface area contributed by atoms with E-state index in [1.54, 1.807) is 0 Å². The third kappa shape index (κ3) is 4.47. The van der Waals surface area contributed by atoms with Crippen LogP contribution in [0.15, 0.2) is 60.7 Å². The first-order valence-electron chi connectivity index (χ1n) is 10.4. The second-order valence-corrected chi connectivity index (χ2v) is 8.85. The molecule has 0 saturated carbocycles. The lowest BCUT2D eigenvalue weighted by atomic mass is 9.83. The van der Waals surface area contributed by atoms with Crippen molar-refractivity contribution in [3.63, 3.8) is 0 Å². The number of ether oxygens (including phenoxy) is 2. The van der Waals surface area contributed by atoms with Gasteiger partial charge < -0.3 is 9.47 Å². The molecule has 2 aliphatic rings. The number of piperidine rings is 1. The summed E-state index contributed by atoms with van der Waals surface area (Å²) in [6.07, 6.45) is 5.99. The summed E-state index contributed by atoms with van der Waals surface area (Å²) < 4.78 is 11.9. The van der Waals surface area contributed by atoms with Gasteiger partial charge >= 0.3 is 6.09 Å². The van der Waals surface area contributed by atoms with E-state index in [2.05, 4.69) is 12.1 Å². The summed E-state index contributed by atoms with van der Waals surface area (Å²) in [6, 6.07) is 18.3. The molecule has 2 atom stereocenters. The fourth-order valence-electron chi connectivity index (χ4n) is 4.27. The number of rotatable bonds is 3. The van der Waals surface area contributed by atoms with Gasteiger partial charge in [0.15, 0.2) is 0 Å². The van der Waals surface area contributed by atoms with Gasteiger partial charge in [-0.1, -0.05) is 42.5 Å². The van der Waals surface area contributed by atoms with E-state index in [0.29, 0.717) is 0 Å². The predicted octanol–water partition coefficient (Wildman–Crippen LogP) is 6.42. The van der Waals surface area contributed by atoms with Crippen molar-refractivity contribution in [2.45, 2.75) is 64.1 Å². The van der Waals surface area contributed by atoms with Crippen molar-refractivity contribution in [1.82, 2.24) is 4.90 Å². The Morgan fingerprint density at radius 1 is 1.00 bits per heavy atom. The van der Waals surface area contributed by atoms with Crippen LogP contribution in [0.2, 0.25) is 0 Å². The maximum absolute atomic E-state index is 12.8. The van der Waals surface area contributed by atoms with Crippen LogP contribution in [-0.4, -0.2) is 28.7 Å². The highest BCUT2D eigenvalue weighted by atomic mass is 16.6. The van der Waals surface area contributed by atoms with Gasteiger partial charge in [-0.3, -0.25) is 4.90 Å². The van der Waals surface area contributed by atoms with Crippen LogP contribution in [0.3, 0.4) is 0 Å². The zero-order valence-electron chi connectivity index (χ0n) is 17.4. The lowest BCUT2D eigenvalue weighted by Crippen LogP contribution is -2.53. The Morgan fingerprint density at radius 3 is 2.45 bits per heavy atom. The van der Waals surface area contributed by atoms with E-state index in [0.717, 1.165) is 42.7 Å². The molecular weight excluding hydrogens is 362 g/mol. The zero-order chi connectivity index (χ0) is 20.4. The molecule has 0 N–H and O–H groups in total. The Bertz CT molecular complexity index is 898. The zero-order valence-corrected chi connectivity index (χ0v) is 17.4. The summed E-state index contributed by atoms with van der Waals surface area (Å²) in [4.78, 5) is 14.8. The molecule has 2 aliphatic heterocycles. The molecule has 1 amide bonds. The van der Waals surface area contributed by atoms with Crippen LogP contribution in [0.4, 0.5) is 4.79 Å². The quantitative estimate of drug-likeness (QED) is 0.605. The van der Waals surface area contributed by atoms with Gasteiger partial charge in [0.1, 0.15) is 17.1 Å². The van der Waals surface area contributed by atoms with Gasteiger partial charge in [0.05, 0.1) is 6.04 Å². The SMILES string of the molecule is CC(C)(C)OC(=O)N1C2C=C(c3ccccc3Oc3ccccc3)CC1CCC2. The molecule has 0 spiro atoms. The van der Waals surface area contributed by atoms with E-state index < -0.39 is 5.60 Å². The average molecular weight is 392 g/mol. The Balaban J connectivity index is 1.62. The summed E-state index contributed by atoms with van der Waals surface area (Å²) in [5.41, 5.74) is 1.88. The monoisotopic (exact) mass is 391 g/mol. The van der Waals surface area contributed by atoms with E-state index in [9.17, 15) is 4.79 Å². The first-order chi connectivity index (χ1) is 13.9. The number of carbonyl (C=O) groups excluding carboxylic acids is 1. The number of hydrogen-bond donors (Lipinski definition) is 0. The average Bonchev–Trinajstić information content (AvgIpc) is 2.67. The van der Waals surface area contributed by atoms with Gasteiger partial charge in [-0.25, -0.2) is 4.79 Å². The predicted molar refractivity (Wildman–Crippen MR) is 115 cm³/mol. The first kappa shape index (κ1) is 19.6. The molecule has 0 radical (unpaired) electrons. The largest absolute Gasteiger partial charge is 0.457 e. The van der Waals surface area contributed by atoms with Crippen molar-refractivity contribution in [1.29, 1.82) is 0 Å². The number of benzene rings is 2. The molecule has 0 aliphatic carbocycles. The molecule has 4 nitrogen and oxygen atoms in total. The number of hydrogen-bond acceptors (Lipinski definition) is 3. The van der Waals surface area contributed by atoms with Crippen molar-refractivity contribution in [3.05, 3.63) is 66.2 Å². The minimum atomic E-state index is -0.481. The van der Waals surface area contributed by atoms with Gasteiger partial charge in [0.2, 0.25) is 0 Å². The highest BCUT2D eigenvalue weighted by molar-refractivity contribution is 5.77. The molecule has 4 heteroatoms. The van der Waals surface area contributed by atoms with Gasteiger partial charge in [-0.05, 0) is 70.2 Å². The van der Waals surface area contributed by atoms with E-state index >= 15 is 0 Å². The normalized spacial score (nSPS) is 21.3. The van der Waals surface area contributed by atoms with Crippen LogP contribution in [0.25, 0.3) is 5.57 Å².